The molecule has 7 nitrogen and oxygen atoms in total. The van der Waals surface area contributed by atoms with Crippen molar-refractivity contribution < 1.29 is 19.0 Å². The van der Waals surface area contributed by atoms with E-state index in [1.54, 1.807) is 12.1 Å². The van der Waals surface area contributed by atoms with Crippen LogP contribution in [-0.4, -0.2) is 43.3 Å². The molecule has 1 aromatic carbocycles. The van der Waals surface area contributed by atoms with Crippen LogP contribution >= 0.6 is 0 Å². The lowest BCUT2D eigenvalue weighted by molar-refractivity contribution is 0.215. The number of aryl methyl sites for hydroxylation is 2. The van der Waals surface area contributed by atoms with Crippen LogP contribution in [0, 0.1) is 13.8 Å². The minimum absolute atomic E-state index is 0.538. The zero-order chi connectivity index (χ0) is 24.4. The number of oxime groups is 1. The molecule has 1 heterocycles. The monoisotopic (exact) mass is 469 g/mol. The van der Waals surface area contributed by atoms with Crippen molar-refractivity contribution in [3.05, 3.63) is 53.2 Å². The Labute approximate surface area is 204 Å². The molecule has 0 fully saturated rings. The van der Waals surface area contributed by atoms with E-state index in [4.69, 9.17) is 14.2 Å². The maximum Gasteiger partial charge on any atom is 0.233 e. The van der Waals surface area contributed by atoms with Crippen molar-refractivity contribution >= 4 is 6.21 Å². The van der Waals surface area contributed by atoms with Gasteiger partial charge in [0, 0.05) is 6.07 Å². The van der Waals surface area contributed by atoms with Gasteiger partial charge in [-0.25, -0.2) is 0 Å². The first kappa shape index (κ1) is 27.2. The second-order valence-corrected chi connectivity index (χ2v) is 8.15. The third-order valence-electron chi connectivity index (χ3n) is 5.25. The van der Waals surface area contributed by atoms with E-state index in [-0.39, 0.29) is 0 Å². The molecule has 34 heavy (non-hydrogen) atoms. The van der Waals surface area contributed by atoms with Gasteiger partial charge in [-0.15, -0.1) is 10.2 Å². The summed E-state index contributed by atoms with van der Waals surface area (Å²) in [6.07, 6.45) is 13.6. The Morgan fingerprint density at radius 2 is 1.47 bits per heavy atom. The van der Waals surface area contributed by atoms with Gasteiger partial charge in [0.15, 0.2) is 0 Å². The highest BCUT2D eigenvalue weighted by Gasteiger charge is 2.07. The average molecular weight is 470 g/mol. The molecule has 0 aliphatic heterocycles. The van der Waals surface area contributed by atoms with Crippen LogP contribution in [0.5, 0.6) is 17.4 Å². The SMILES string of the molecule is C/C=C/COc1cc(C)c(OCCCCCCCCCOc2ccc(C=NOC)nn2)c(C)c1. The van der Waals surface area contributed by atoms with Gasteiger partial charge in [-0.05, 0) is 62.9 Å². The fraction of sp³-hybridized carbons (Fsp3) is 0.519. The lowest BCUT2D eigenvalue weighted by Crippen LogP contribution is -2.02. The molecule has 0 unspecified atom stereocenters. The van der Waals surface area contributed by atoms with E-state index in [1.807, 2.05) is 19.1 Å². The summed E-state index contributed by atoms with van der Waals surface area (Å²) in [5.41, 5.74) is 2.88. The fourth-order valence-electron chi connectivity index (χ4n) is 3.48. The van der Waals surface area contributed by atoms with Crippen molar-refractivity contribution in [2.45, 2.75) is 65.7 Å². The molecule has 0 N–H and O–H groups in total. The van der Waals surface area contributed by atoms with Crippen LogP contribution in [0.25, 0.3) is 0 Å². The van der Waals surface area contributed by atoms with Gasteiger partial charge in [0.05, 0.1) is 19.4 Å². The molecule has 0 aliphatic carbocycles. The number of ether oxygens (including phenoxy) is 3. The number of aromatic nitrogens is 2. The number of hydrogen-bond acceptors (Lipinski definition) is 7. The minimum Gasteiger partial charge on any atom is -0.493 e. The first-order valence-electron chi connectivity index (χ1n) is 12.1. The zero-order valence-electron chi connectivity index (χ0n) is 21.1. The predicted molar refractivity (Wildman–Crippen MR) is 136 cm³/mol. The molecule has 2 rings (SSSR count). The maximum absolute atomic E-state index is 6.07. The summed E-state index contributed by atoms with van der Waals surface area (Å²) in [6, 6.07) is 7.69. The summed E-state index contributed by atoms with van der Waals surface area (Å²) < 4.78 is 17.4. The molecule has 0 saturated carbocycles. The zero-order valence-corrected chi connectivity index (χ0v) is 21.1. The Bertz CT molecular complexity index is 859. The minimum atomic E-state index is 0.538. The van der Waals surface area contributed by atoms with E-state index in [9.17, 15) is 0 Å². The predicted octanol–water partition coefficient (Wildman–Crippen LogP) is 6.22. The molecular formula is C27H39N3O4. The molecule has 0 spiro atoms. The largest absolute Gasteiger partial charge is 0.493 e. The Morgan fingerprint density at radius 1 is 0.824 bits per heavy atom. The Kier molecular flexibility index (Phi) is 13.2. The van der Waals surface area contributed by atoms with Crippen LogP contribution in [0.2, 0.25) is 0 Å². The Hall–Kier alpha value is -3.09. The van der Waals surface area contributed by atoms with E-state index in [1.165, 1.54) is 39.0 Å². The molecule has 7 heteroatoms. The van der Waals surface area contributed by atoms with Crippen LogP contribution in [-0.2, 0) is 4.84 Å². The van der Waals surface area contributed by atoms with Gasteiger partial charge in [-0.3, -0.25) is 0 Å². The lowest BCUT2D eigenvalue weighted by atomic mass is 10.1. The number of allylic oxidation sites excluding steroid dienone is 1. The molecule has 0 radical (unpaired) electrons. The highest BCUT2D eigenvalue weighted by molar-refractivity contribution is 5.75. The Balaban J connectivity index is 1.49. The van der Waals surface area contributed by atoms with Gasteiger partial charge in [-0.1, -0.05) is 49.4 Å². The first-order chi connectivity index (χ1) is 16.6. The average Bonchev–Trinajstić information content (AvgIpc) is 2.83. The maximum atomic E-state index is 6.07. The van der Waals surface area contributed by atoms with Crippen molar-refractivity contribution in [1.82, 2.24) is 10.2 Å². The summed E-state index contributed by atoms with van der Waals surface area (Å²) in [7, 11) is 1.49. The quantitative estimate of drug-likeness (QED) is 0.119. The lowest BCUT2D eigenvalue weighted by Gasteiger charge is -2.14. The smallest absolute Gasteiger partial charge is 0.233 e. The molecular weight excluding hydrogens is 430 g/mol. The third-order valence-corrected chi connectivity index (χ3v) is 5.25. The second-order valence-electron chi connectivity index (χ2n) is 8.15. The normalized spacial score (nSPS) is 11.3. The topological polar surface area (TPSA) is 75.1 Å². The molecule has 0 bridgehead atoms. The highest BCUT2D eigenvalue weighted by Crippen LogP contribution is 2.28. The molecule has 186 valence electrons. The van der Waals surface area contributed by atoms with Gasteiger partial charge in [0.1, 0.15) is 30.9 Å². The van der Waals surface area contributed by atoms with Crippen LogP contribution in [0.1, 0.15) is 68.7 Å². The van der Waals surface area contributed by atoms with Crippen molar-refractivity contribution in [2.24, 2.45) is 5.16 Å². The van der Waals surface area contributed by atoms with Crippen molar-refractivity contribution in [2.75, 3.05) is 26.9 Å². The van der Waals surface area contributed by atoms with Crippen LogP contribution in [0.15, 0.2) is 41.6 Å². The number of hydrogen-bond donors (Lipinski definition) is 0. The van der Waals surface area contributed by atoms with Crippen molar-refractivity contribution in [1.29, 1.82) is 0 Å². The van der Waals surface area contributed by atoms with Gasteiger partial charge in [0.2, 0.25) is 5.88 Å². The van der Waals surface area contributed by atoms with E-state index in [0.717, 1.165) is 48.5 Å². The number of unbranched alkanes of at least 4 members (excludes halogenated alkanes) is 6. The molecule has 0 aliphatic rings. The number of nitrogens with zero attached hydrogens (tertiary/aromatic N) is 3. The van der Waals surface area contributed by atoms with Gasteiger partial charge < -0.3 is 19.0 Å². The summed E-state index contributed by atoms with van der Waals surface area (Å²) in [5, 5.41) is 11.7. The van der Waals surface area contributed by atoms with E-state index in [0.29, 0.717) is 24.8 Å². The standard InChI is InChI=1S/C27H39N3O4/c1-5-6-16-32-25-19-22(2)27(23(3)20-25)34-18-13-11-9-7-8-10-12-17-33-26-15-14-24(29-30-26)21-28-31-4/h5-6,14-15,19-21H,7-13,16-18H2,1-4H3/b6-5+,28-21?. The molecule has 1 aromatic heterocycles. The summed E-state index contributed by atoms with van der Waals surface area (Å²) in [4.78, 5) is 4.62. The summed E-state index contributed by atoms with van der Waals surface area (Å²) >= 11 is 0. The molecule has 0 atom stereocenters. The van der Waals surface area contributed by atoms with E-state index in [2.05, 4.69) is 46.2 Å². The van der Waals surface area contributed by atoms with Crippen LogP contribution < -0.4 is 14.2 Å². The second kappa shape index (κ2) is 16.5. The summed E-state index contributed by atoms with van der Waals surface area (Å²) in [5.74, 6) is 2.42. The molecule has 0 amide bonds. The van der Waals surface area contributed by atoms with Crippen LogP contribution in [0.4, 0.5) is 0 Å². The van der Waals surface area contributed by atoms with E-state index < -0.39 is 0 Å². The fourth-order valence-corrected chi connectivity index (χ4v) is 3.48. The van der Waals surface area contributed by atoms with Crippen molar-refractivity contribution in [3.8, 4) is 17.4 Å². The van der Waals surface area contributed by atoms with Crippen LogP contribution in [0.3, 0.4) is 0 Å². The van der Waals surface area contributed by atoms with Gasteiger partial charge >= 0.3 is 0 Å². The number of benzene rings is 1. The van der Waals surface area contributed by atoms with Crippen molar-refractivity contribution in [3.63, 3.8) is 0 Å². The van der Waals surface area contributed by atoms with Gasteiger partial charge in [-0.2, -0.15) is 0 Å². The molecule has 0 saturated heterocycles. The highest BCUT2D eigenvalue weighted by atomic mass is 16.6. The first-order valence-corrected chi connectivity index (χ1v) is 12.1. The van der Waals surface area contributed by atoms with E-state index >= 15 is 0 Å². The molecule has 2 aromatic rings. The third kappa shape index (κ3) is 10.7. The number of rotatable bonds is 17. The van der Waals surface area contributed by atoms with Gasteiger partial charge in [0.25, 0.3) is 0 Å². The summed E-state index contributed by atoms with van der Waals surface area (Å²) in [6.45, 7) is 8.16. The Morgan fingerprint density at radius 3 is 2.06 bits per heavy atom.